The SMILES string of the molecule is CCn1cc(CN(C)CC(C)C(=N)N)cn1. The third-order valence-corrected chi connectivity index (χ3v) is 2.58. The van der Waals surface area contributed by atoms with E-state index < -0.39 is 0 Å². The van der Waals surface area contributed by atoms with Gasteiger partial charge in [0.25, 0.3) is 0 Å². The average Bonchev–Trinajstić information content (AvgIpc) is 2.65. The molecule has 0 aliphatic heterocycles. The first-order valence-corrected chi connectivity index (χ1v) is 5.56. The van der Waals surface area contributed by atoms with E-state index in [4.69, 9.17) is 11.1 Å². The van der Waals surface area contributed by atoms with Gasteiger partial charge < -0.3 is 10.6 Å². The fourth-order valence-corrected chi connectivity index (χ4v) is 1.60. The lowest BCUT2D eigenvalue weighted by molar-refractivity contribution is 0.306. The van der Waals surface area contributed by atoms with Crippen LogP contribution in [0, 0.1) is 11.3 Å². The van der Waals surface area contributed by atoms with E-state index in [9.17, 15) is 0 Å². The molecule has 0 bridgehead atoms. The average molecular weight is 223 g/mol. The van der Waals surface area contributed by atoms with Crippen molar-refractivity contribution in [1.82, 2.24) is 14.7 Å². The van der Waals surface area contributed by atoms with Crippen molar-refractivity contribution in [3.05, 3.63) is 18.0 Å². The molecule has 5 heteroatoms. The normalized spacial score (nSPS) is 13.0. The van der Waals surface area contributed by atoms with Crippen LogP contribution in [0.25, 0.3) is 0 Å². The Labute approximate surface area is 96.7 Å². The summed E-state index contributed by atoms with van der Waals surface area (Å²) in [4.78, 5) is 2.16. The van der Waals surface area contributed by atoms with Crippen LogP contribution in [0.5, 0.6) is 0 Å². The molecule has 0 spiro atoms. The highest BCUT2D eigenvalue weighted by atomic mass is 15.3. The molecule has 0 aliphatic rings. The number of aryl methyl sites for hydroxylation is 1. The molecule has 16 heavy (non-hydrogen) atoms. The van der Waals surface area contributed by atoms with E-state index in [1.807, 2.05) is 24.9 Å². The van der Waals surface area contributed by atoms with Crippen LogP contribution in [0.1, 0.15) is 19.4 Å². The summed E-state index contributed by atoms with van der Waals surface area (Å²) in [6, 6.07) is 0. The molecule has 1 rings (SSSR count). The van der Waals surface area contributed by atoms with Crippen LogP contribution < -0.4 is 5.73 Å². The minimum absolute atomic E-state index is 0.103. The Bertz CT molecular complexity index is 344. The fraction of sp³-hybridized carbons (Fsp3) is 0.636. The number of rotatable bonds is 6. The maximum atomic E-state index is 7.34. The molecule has 0 aromatic carbocycles. The van der Waals surface area contributed by atoms with Crippen molar-refractivity contribution in [2.75, 3.05) is 13.6 Å². The Morgan fingerprint density at radius 2 is 2.38 bits per heavy atom. The quantitative estimate of drug-likeness (QED) is 0.556. The first-order chi connectivity index (χ1) is 7.52. The van der Waals surface area contributed by atoms with Crippen molar-refractivity contribution in [1.29, 1.82) is 5.41 Å². The smallest absolute Gasteiger partial charge is 0.0947 e. The number of nitrogens with two attached hydrogens (primary N) is 1. The highest BCUT2D eigenvalue weighted by Gasteiger charge is 2.09. The summed E-state index contributed by atoms with van der Waals surface area (Å²) in [7, 11) is 2.03. The lowest BCUT2D eigenvalue weighted by atomic mass is 10.1. The van der Waals surface area contributed by atoms with Gasteiger partial charge in [-0.3, -0.25) is 10.1 Å². The topological polar surface area (TPSA) is 70.9 Å². The lowest BCUT2D eigenvalue weighted by Gasteiger charge is -2.19. The second-order valence-electron chi connectivity index (χ2n) is 4.26. The Balaban J connectivity index is 2.44. The summed E-state index contributed by atoms with van der Waals surface area (Å²) in [6.07, 6.45) is 3.94. The molecule has 90 valence electrons. The van der Waals surface area contributed by atoms with Crippen molar-refractivity contribution >= 4 is 5.84 Å². The standard InChI is InChI=1S/C11H21N5/c1-4-16-8-10(5-14-16)7-15(3)6-9(2)11(12)13/h5,8-9H,4,6-7H2,1-3H3,(H3,12,13). The van der Waals surface area contributed by atoms with Crippen LogP contribution in [0.15, 0.2) is 12.4 Å². The molecule has 0 amide bonds. The molecule has 5 nitrogen and oxygen atoms in total. The molecular weight excluding hydrogens is 202 g/mol. The summed E-state index contributed by atoms with van der Waals surface area (Å²) >= 11 is 0. The van der Waals surface area contributed by atoms with E-state index in [0.717, 1.165) is 19.6 Å². The van der Waals surface area contributed by atoms with Gasteiger partial charge in [-0.2, -0.15) is 5.10 Å². The van der Waals surface area contributed by atoms with Gasteiger partial charge in [-0.1, -0.05) is 6.92 Å². The van der Waals surface area contributed by atoms with Gasteiger partial charge in [0.2, 0.25) is 0 Å². The van der Waals surface area contributed by atoms with Crippen LogP contribution in [0.3, 0.4) is 0 Å². The molecule has 0 radical (unpaired) electrons. The monoisotopic (exact) mass is 223 g/mol. The molecule has 1 aromatic rings. The number of hydrogen-bond acceptors (Lipinski definition) is 3. The Kier molecular flexibility index (Phi) is 4.49. The second kappa shape index (κ2) is 5.65. The summed E-state index contributed by atoms with van der Waals surface area (Å²) in [5.74, 6) is 0.349. The van der Waals surface area contributed by atoms with Crippen molar-refractivity contribution in [2.24, 2.45) is 11.7 Å². The van der Waals surface area contributed by atoms with Gasteiger partial charge in [0.05, 0.1) is 12.0 Å². The molecular formula is C11H21N5. The summed E-state index contributed by atoms with van der Waals surface area (Å²) in [5.41, 5.74) is 6.64. The first-order valence-electron chi connectivity index (χ1n) is 5.56. The molecule has 1 unspecified atom stereocenters. The lowest BCUT2D eigenvalue weighted by Crippen LogP contribution is -2.31. The maximum absolute atomic E-state index is 7.34. The predicted octanol–water partition coefficient (Wildman–Crippen LogP) is 0.907. The van der Waals surface area contributed by atoms with Gasteiger partial charge in [-0.05, 0) is 14.0 Å². The zero-order valence-corrected chi connectivity index (χ0v) is 10.3. The van der Waals surface area contributed by atoms with Crippen molar-refractivity contribution in [3.63, 3.8) is 0 Å². The summed E-state index contributed by atoms with van der Waals surface area (Å²) < 4.78 is 1.91. The van der Waals surface area contributed by atoms with E-state index in [-0.39, 0.29) is 11.8 Å². The third-order valence-electron chi connectivity index (χ3n) is 2.58. The van der Waals surface area contributed by atoms with Gasteiger partial charge >= 0.3 is 0 Å². The number of hydrogen-bond donors (Lipinski definition) is 2. The molecule has 0 aliphatic carbocycles. The third kappa shape index (κ3) is 3.66. The summed E-state index contributed by atoms with van der Waals surface area (Å²) in [6.45, 7) is 6.57. The molecule has 1 aromatic heterocycles. The molecule has 1 atom stereocenters. The van der Waals surface area contributed by atoms with E-state index in [0.29, 0.717) is 0 Å². The zero-order chi connectivity index (χ0) is 12.1. The highest BCUT2D eigenvalue weighted by Crippen LogP contribution is 2.04. The van der Waals surface area contributed by atoms with Gasteiger partial charge in [0, 0.05) is 37.3 Å². The summed E-state index contributed by atoms with van der Waals surface area (Å²) in [5, 5.41) is 11.6. The first kappa shape index (κ1) is 12.7. The van der Waals surface area contributed by atoms with E-state index in [2.05, 4.69) is 23.1 Å². The molecule has 0 saturated carbocycles. The van der Waals surface area contributed by atoms with Crippen molar-refractivity contribution < 1.29 is 0 Å². The van der Waals surface area contributed by atoms with Crippen molar-refractivity contribution in [2.45, 2.75) is 26.9 Å². The number of nitrogens with zero attached hydrogens (tertiary/aromatic N) is 3. The molecule has 3 N–H and O–H groups in total. The van der Waals surface area contributed by atoms with Crippen LogP contribution in [0.4, 0.5) is 0 Å². The zero-order valence-electron chi connectivity index (χ0n) is 10.3. The van der Waals surface area contributed by atoms with Gasteiger partial charge in [-0.15, -0.1) is 0 Å². The van der Waals surface area contributed by atoms with Gasteiger partial charge in [-0.25, -0.2) is 0 Å². The van der Waals surface area contributed by atoms with E-state index in [1.165, 1.54) is 5.56 Å². The Hall–Kier alpha value is -1.36. The van der Waals surface area contributed by atoms with Crippen LogP contribution in [-0.4, -0.2) is 34.1 Å². The molecule has 1 heterocycles. The number of amidine groups is 1. The highest BCUT2D eigenvalue weighted by molar-refractivity contribution is 5.79. The molecule has 0 saturated heterocycles. The molecule has 0 fully saturated rings. The largest absolute Gasteiger partial charge is 0.387 e. The maximum Gasteiger partial charge on any atom is 0.0947 e. The fourth-order valence-electron chi connectivity index (χ4n) is 1.60. The predicted molar refractivity (Wildman–Crippen MR) is 65.3 cm³/mol. The number of aromatic nitrogens is 2. The van der Waals surface area contributed by atoms with E-state index in [1.54, 1.807) is 0 Å². The minimum Gasteiger partial charge on any atom is -0.387 e. The van der Waals surface area contributed by atoms with Crippen LogP contribution >= 0.6 is 0 Å². The Morgan fingerprint density at radius 1 is 1.69 bits per heavy atom. The Morgan fingerprint density at radius 3 is 2.88 bits per heavy atom. The van der Waals surface area contributed by atoms with Crippen LogP contribution in [-0.2, 0) is 13.1 Å². The van der Waals surface area contributed by atoms with Crippen molar-refractivity contribution in [3.8, 4) is 0 Å². The second-order valence-corrected chi connectivity index (χ2v) is 4.26. The van der Waals surface area contributed by atoms with Crippen LogP contribution in [0.2, 0.25) is 0 Å². The minimum atomic E-state index is 0.103. The van der Waals surface area contributed by atoms with Gasteiger partial charge in [0.15, 0.2) is 0 Å². The number of nitrogens with one attached hydrogen (secondary N) is 1. The van der Waals surface area contributed by atoms with Gasteiger partial charge in [0.1, 0.15) is 0 Å². The van der Waals surface area contributed by atoms with E-state index >= 15 is 0 Å².